The number of nitrogens with zero attached hydrogens (tertiary/aromatic N) is 4. The summed E-state index contributed by atoms with van der Waals surface area (Å²) in [6.07, 6.45) is 5.28. The molecule has 2 aromatic heterocycles. The van der Waals surface area contributed by atoms with E-state index < -0.39 is 25.5 Å². The summed E-state index contributed by atoms with van der Waals surface area (Å²) in [5, 5.41) is 13.1. The molecule has 2 aliphatic carbocycles. The van der Waals surface area contributed by atoms with Crippen molar-refractivity contribution in [3.63, 3.8) is 0 Å². The minimum Gasteiger partial charge on any atom is -0.494 e. The van der Waals surface area contributed by atoms with Crippen molar-refractivity contribution in [2.45, 2.75) is 116 Å². The first-order valence-corrected chi connectivity index (χ1v) is 21.0. The first kappa shape index (κ1) is 36.6. The molecular formula is C36H52FN5O6Si. The Balaban J connectivity index is 1.50. The zero-order valence-electron chi connectivity index (χ0n) is 30.2. The van der Waals surface area contributed by atoms with Crippen LogP contribution in [0, 0.1) is 18.7 Å². The Morgan fingerprint density at radius 1 is 1.08 bits per heavy atom. The highest BCUT2D eigenvalue weighted by atomic mass is 28.3. The molecular weight excluding hydrogens is 646 g/mol. The highest BCUT2D eigenvalue weighted by Gasteiger charge is 2.36. The Morgan fingerprint density at radius 3 is 2.37 bits per heavy atom. The van der Waals surface area contributed by atoms with Gasteiger partial charge in [0.25, 0.3) is 5.91 Å². The molecule has 2 aliphatic rings. The van der Waals surface area contributed by atoms with Gasteiger partial charge in [0.1, 0.15) is 30.0 Å². The Kier molecular flexibility index (Phi) is 10.9. The second-order valence-corrected chi connectivity index (χ2v) is 21.3. The van der Waals surface area contributed by atoms with Gasteiger partial charge >= 0.3 is 6.09 Å². The summed E-state index contributed by atoms with van der Waals surface area (Å²) in [6, 6.07) is 3.68. The van der Waals surface area contributed by atoms with Crippen molar-refractivity contribution in [2.75, 3.05) is 20.3 Å². The number of halogens is 1. The smallest absolute Gasteiger partial charge is 0.407 e. The van der Waals surface area contributed by atoms with E-state index in [1.807, 2.05) is 32.3 Å². The maximum absolute atomic E-state index is 15.0. The van der Waals surface area contributed by atoms with Crippen LogP contribution in [0.25, 0.3) is 22.3 Å². The van der Waals surface area contributed by atoms with Gasteiger partial charge in [0.2, 0.25) is 0 Å². The number of benzene rings is 1. The Hall–Kier alpha value is -3.71. The van der Waals surface area contributed by atoms with E-state index in [-0.39, 0.29) is 30.5 Å². The largest absolute Gasteiger partial charge is 0.494 e. The molecule has 13 heteroatoms. The predicted octanol–water partition coefficient (Wildman–Crippen LogP) is 7.48. The molecule has 2 amide bonds. The number of methoxy groups -OCH3 is 1. The second-order valence-electron chi connectivity index (χ2n) is 15.7. The van der Waals surface area contributed by atoms with Crippen LogP contribution in [0.3, 0.4) is 0 Å². The SMILES string of the molecule is COc1cc(-c2ncnc3c(C(=O)N[C@H]4CC[C@@H](N(C(=O)O)C(C)(C)C)CC4)c(C)n(COCC[Si](C)(C)C)c23)c(OCC2CC2)cc1F. The number of rotatable bonds is 13. The van der Waals surface area contributed by atoms with Gasteiger partial charge in [0, 0.05) is 49.6 Å². The van der Waals surface area contributed by atoms with Crippen LogP contribution >= 0.6 is 0 Å². The normalized spacial score (nSPS) is 18.4. The summed E-state index contributed by atoms with van der Waals surface area (Å²) in [4.78, 5) is 37.0. The zero-order valence-corrected chi connectivity index (χ0v) is 31.2. The van der Waals surface area contributed by atoms with Crippen LogP contribution in [0.4, 0.5) is 9.18 Å². The number of aromatic nitrogens is 3. The summed E-state index contributed by atoms with van der Waals surface area (Å²) in [7, 11) is 0.0621. The highest BCUT2D eigenvalue weighted by molar-refractivity contribution is 6.76. The van der Waals surface area contributed by atoms with Crippen LogP contribution in [0.5, 0.6) is 11.5 Å². The topological polar surface area (TPSA) is 128 Å². The fraction of sp³-hybridized carbons (Fsp3) is 0.611. The Morgan fingerprint density at radius 2 is 1.78 bits per heavy atom. The lowest BCUT2D eigenvalue weighted by Gasteiger charge is -2.42. The minimum absolute atomic E-state index is 0.0586. The molecule has 2 N–H and O–H groups in total. The number of hydrogen-bond acceptors (Lipinski definition) is 7. The Labute approximate surface area is 289 Å². The van der Waals surface area contributed by atoms with Crippen LogP contribution in [0.1, 0.15) is 75.3 Å². The van der Waals surface area contributed by atoms with Crippen molar-refractivity contribution in [3.05, 3.63) is 35.5 Å². The maximum Gasteiger partial charge on any atom is 0.407 e. The standard InChI is InChI=1S/C36H52FN5O6Si/c1-22-30(34(43)40-24-11-13-25(14-12-24)42(35(44)45)36(2,3)4)32-33(41(22)21-47-15-16-49(6,7)8)31(38-20-39-32)26-17-29(46-5)27(37)18-28(26)48-19-23-9-10-23/h17-18,20,23-25H,9-16,19,21H2,1-8H3,(H,40,43)(H,44,45)/t24-,25+. The van der Waals surface area contributed by atoms with Crippen molar-refractivity contribution >= 4 is 31.1 Å². The number of carbonyl (C=O) groups is 2. The number of fused-ring (bicyclic) bond motifs is 1. The van der Waals surface area contributed by atoms with Crippen molar-refractivity contribution in [2.24, 2.45) is 5.92 Å². The predicted molar refractivity (Wildman–Crippen MR) is 190 cm³/mol. The third-order valence-electron chi connectivity index (χ3n) is 9.55. The fourth-order valence-electron chi connectivity index (χ4n) is 6.67. The van der Waals surface area contributed by atoms with E-state index in [4.69, 9.17) is 14.2 Å². The van der Waals surface area contributed by atoms with E-state index >= 15 is 0 Å². The van der Waals surface area contributed by atoms with Gasteiger partial charge in [-0.3, -0.25) is 4.79 Å². The van der Waals surface area contributed by atoms with Gasteiger partial charge in [-0.15, -0.1) is 0 Å². The molecule has 0 spiro atoms. The van der Waals surface area contributed by atoms with Crippen LogP contribution < -0.4 is 14.8 Å². The number of hydrogen-bond donors (Lipinski definition) is 2. The molecule has 2 saturated carbocycles. The quantitative estimate of drug-likeness (QED) is 0.139. The van der Waals surface area contributed by atoms with E-state index in [0.29, 0.717) is 84.1 Å². The fourth-order valence-corrected chi connectivity index (χ4v) is 7.43. The molecule has 268 valence electrons. The van der Waals surface area contributed by atoms with Crippen molar-refractivity contribution in [3.8, 4) is 22.8 Å². The van der Waals surface area contributed by atoms with Gasteiger partial charge in [-0.1, -0.05) is 19.6 Å². The average molecular weight is 698 g/mol. The molecule has 49 heavy (non-hydrogen) atoms. The van der Waals surface area contributed by atoms with E-state index in [2.05, 4.69) is 34.9 Å². The third-order valence-corrected chi connectivity index (χ3v) is 11.3. The number of carboxylic acid groups (broad SMARTS) is 1. The summed E-state index contributed by atoms with van der Waals surface area (Å²) >= 11 is 0. The molecule has 2 fully saturated rings. The molecule has 0 aliphatic heterocycles. The number of nitrogens with one attached hydrogen (secondary N) is 1. The first-order chi connectivity index (χ1) is 23.1. The summed E-state index contributed by atoms with van der Waals surface area (Å²) < 4.78 is 34.7. The third kappa shape index (κ3) is 8.54. The maximum atomic E-state index is 15.0. The van der Waals surface area contributed by atoms with Crippen molar-refractivity contribution in [1.29, 1.82) is 0 Å². The van der Waals surface area contributed by atoms with Crippen LogP contribution in [-0.2, 0) is 11.5 Å². The van der Waals surface area contributed by atoms with Gasteiger partial charge in [0.15, 0.2) is 11.6 Å². The van der Waals surface area contributed by atoms with Gasteiger partial charge in [0.05, 0.1) is 24.8 Å². The molecule has 11 nitrogen and oxygen atoms in total. The summed E-state index contributed by atoms with van der Waals surface area (Å²) in [5.74, 6) is 0.0591. The van der Waals surface area contributed by atoms with Crippen molar-refractivity contribution in [1.82, 2.24) is 24.8 Å². The molecule has 2 heterocycles. The molecule has 0 unspecified atom stereocenters. The molecule has 5 rings (SSSR count). The lowest BCUT2D eigenvalue weighted by molar-refractivity contribution is 0.0519. The number of carbonyl (C=O) groups excluding carboxylic acids is 1. The van der Waals surface area contributed by atoms with Crippen molar-refractivity contribution < 1.29 is 33.3 Å². The Bertz CT molecular complexity index is 1670. The number of amides is 2. The zero-order chi connectivity index (χ0) is 35.7. The molecule has 0 atom stereocenters. The molecule has 0 radical (unpaired) electrons. The van der Waals surface area contributed by atoms with E-state index in [0.717, 1.165) is 18.9 Å². The molecule has 0 saturated heterocycles. The van der Waals surface area contributed by atoms with Gasteiger partial charge in [-0.05, 0) is 84.2 Å². The van der Waals surface area contributed by atoms with Gasteiger partial charge in [-0.2, -0.15) is 0 Å². The molecule has 0 bridgehead atoms. The van der Waals surface area contributed by atoms with Gasteiger partial charge < -0.3 is 34.1 Å². The molecule has 3 aromatic rings. The summed E-state index contributed by atoms with van der Waals surface area (Å²) in [5.41, 5.74) is 2.66. The highest BCUT2D eigenvalue weighted by Crippen LogP contribution is 2.41. The van der Waals surface area contributed by atoms with Crippen LogP contribution in [0.15, 0.2) is 18.5 Å². The minimum atomic E-state index is -1.35. The molecule has 1 aromatic carbocycles. The monoisotopic (exact) mass is 697 g/mol. The average Bonchev–Trinajstić information content (AvgIpc) is 3.80. The number of ether oxygens (including phenoxy) is 3. The lowest BCUT2D eigenvalue weighted by atomic mass is 9.88. The lowest BCUT2D eigenvalue weighted by Crippen LogP contribution is -2.53. The van der Waals surface area contributed by atoms with Crippen LogP contribution in [0.2, 0.25) is 25.7 Å². The first-order valence-electron chi connectivity index (χ1n) is 17.3. The van der Waals surface area contributed by atoms with E-state index in [9.17, 15) is 19.1 Å². The van der Waals surface area contributed by atoms with E-state index in [1.54, 1.807) is 6.07 Å². The summed E-state index contributed by atoms with van der Waals surface area (Å²) in [6.45, 7) is 15.7. The van der Waals surface area contributed by atoms with Gasteiger partial charge in [-0.25, -0.2) is 19.2 Å². The second kappa shape index (κ2) is 14.6. The van der Waals surface area contributed by atoms with Crippen LogP contribution in [-0.4, -0.2) is 82.6 Å². The van der Waals surface area contributed by atoms with E-state index in [1.165, 1.54) is 24.4 Å².